The molecule has 1 N–H and O–H groups in total. The first-order valence-electron chi connectivity index (χ1n) is 53.6. The smallest absolute Gasteiger partial charge is 0.162 e. The fourth-order valence-electron chi connectivity index (χ4n) is 15.6. The molecule has 11 aromatic carbocycles. The number of hydrogen-bond acceptors (Lipinski definition) is 1. The van der Waals surface area contributed by atoms with Gasteiger partial charge in [0.15, 0.2) is 11.6 Å². The van der Waals surface area contributed by atoms with Crippen molar-refractivity contribution in [2.45, 2.75) is 441 Å². The van der Waals surface area contributed by atoms with Gasteiger partial charge in [-0.2, -0.15) is 0 Å². The number of hydrogen-bond donors (Lipinski definition) is 1. The third-order valence-corrected chi connectivity index (χ3v) is 27.9. The molecule has 11 rings (SSSR count). The summed E-state index contributed by atoms with van der Waals surface area (Å²) in [5, 5.41) is 11.1. The summed E-state index contributed by atoms with van der Waals surface area (Å²) in [7, 11) is 0. The number of rotatable bonds is 23. The lowest BCUT2D eigenvalue weighted by Gasteiger charge is -2.14. The minimum Gasteiger partial charge on any atom is -0.392 e. The molecular formula is C133H188Br2Cl2F8O. The molecule has 0 atom stereocenters. The lowest BCUT2D eigenvalue weighted by atomic mass is 9.92. The van der Waals surface area contributed by atoms with Crippen LogP contribution in [0.5, 0.6) is 0 Å². The summed E-state index contributed by atoms with van der Waals surface area (Å²) in [4.78, 5) is 0. The Morgan fingerprint density at radius 3 is 0.534 bits per heavy atom. The van der Waals surface area contributed by atoms with Crippen LogP contribution in [0.3, 0.4) is 0 Å². The molecule has 0 fully saturated rings. The van der Waals surface area contributed by atoms with Crippen molar-refractivity contribution >= 4 is 55.1 Å². The normalized spacial score (nSPS) is 11.3. The van der Waals surface area contributed by atoms with Crippen molar-refractivity contribution in [3.8, 4) is 0 Å². The monoisotopic (exact) mass is 2180 g/mol. The van der Waals surface area contributed by atoms with Crippen LogP contribution in [0.15, 0.2) is 197 Å². The molecule has 0 aliphatic carbocycles. The predicted molar refractivity (Wildman–Crippen MR) is 632 cm³/mol. The second kappa shape index (κ2) is 66.9. The van der Waals surface area contributed by atoms with E-state index in [1.54, 1.807) is 52.0 Å². The van der Waals surface area contributed by atoms with Crippen LogP contribution in [0.25, 0.3) is 0 Å². The number of aliphatic hydroxyl groups is 1. The highest BCUT2D eigenvalue weighted by atomic mass is 79.9. The molecule has 0 bridgehead atoms. The van der Waals surface area contributed by atoms with Crippen molar-refractivity contribution in [1.29, 1.82) is 0 Å². The van der Waals surface area contributed by atoms with Gasteiger partial charge in [0.25, 0.3) is 0 Å². The van der Waals surface area contributed by atoms with E-state index in [1.807, 2.05) is 107 Å². The van der Waals surface area contributed by atoms with Crippen LogP contribution in [0.4, 0.5) is 35.1 Å². The Bertz CT molecular complexity index is 4990. The number of benzene rings is 11. The van der Waals surface area contributed by atoms with Gasteiger partial charge in [-0.3, -0.25) is 0 Å². The van der Waals surface area contributed by atoms with Gasteiger partial charge in [-0.15, -0.1) is 0 Å². The largest absolute Gasteiger partial charge is 0.392 e. The Kier molecular flexibility index (Phi) is 62.5. The van der Waals surface area contributed by atoms with Crippen LogP contribution < -0.4 is 0 Å². The van der Waals surface area contributed by atoms with Gasteiger partial charge >= 0.3 is 0 Å². The van der Waals surface area contributed by atoms with Crippen LogP contribution in [0.2, 0.25) is 10.0 Å². The van der Waals surface area contributed by atoms with Gasteiger partial charge in [-0.05, 0) is 308 Å². The number of halogens is 12. The highest BCUT2D eigenvalue weighted by Gasteiger charge is 2.22. The van der Waals surface area contributed by atoms with Gasteiger partial charge in [0, 0.05) is 30.1 Å². The summed E-state index contributed by atoms with van der Waals surface area (Å²) in [5.41, 5.74) is 23.7. The third-order valence-electron chi connectivity index (χ3n) is 25.9. The highest BCUT2D eigenvalue weighted by Crippen LogP contribution is 2.37. The Balaban J connectivity index is 0.000000803. The van der Waals surface area contributed by atoms with Crippen LogP contribution in [0.1, 0.15) is 563 Å². The molecule has 0 radical (unpaired) electrons. The zero-order chi connectivity index (χ0) is 113. The van der Waals surface area contributed by atoms with Crippen molar-refractivity contribution in [3.63, 3.8) is 0 Å². The molecule has 146 heavy (non-hydrogen) atoms. The van der Waals surface area contributed by atoms with Gasteiger partial charge in [0.05, 0.1) is 6.61 Å². The van der Waals surface area contributed by atoms with E-state index in [1.165, 1.54) is 100.0 Å². The topological polar surface area (TPSA) is 20.2 Å². The molecule has 11 aromatic rings. The summed E-state index contributed by atoms with van der Waals surface area (Å²) in [5.74, 6) is 5.05. The second-order valence-corrected chi connectivity index (χ2v) is 48.1. The van der Waals surface area contributed by atoms with E-state index in [0.717, 1.165) is 37.9 Å². The molecule has 0 saturated carbocycles. The molecule has 1 nitrogen and oxygen atoms in total. The van der Waals surface area contributed by atoms with Gasteiger partial charge in [-0.1, -0.05) is 487 Å². The van der Waals surface area contributed by atoms with E-state index in [-0.39, 0.29) is 76.7 Å². The average Bonchev–Trinajstić information content (AvgIpc) is 0.817. The lowest BCUT2D eigenvalue weighted by molar-refractivity contribution is 0.280. The van der Waals surface area contributed by atoms with Crippen LogP contribution in [-0.4, -0.2) is 5.11 Å². The zero-order valence-electron chi connectivity index (χ0n) is 97.8. The van der Waals surface area contributed by atoms with Gasteiger partial charge in [0.2, 0.25) is 0 Å². The zero-order valence-corrected chi connectivity index (χ0v) is 102. The molecule has 0 saturated heterocycles. The third kappa shape index (κ3) is 46.3. The summed E-state index contributed by atoms with van der Waals surface area (Å²) in [6.07, 6.45) is 0. The highest BCUT2D eigenvalue weighted by molar-refractivity contribution is 9.10. The van der Waals surface area contributed by atoms with E-state index in [2.05, 4.69) is 341 Å². The Hall–Kier alpha value is -7.64. The van der Waals surface area contributed by atoms with Crippen LogP contribution in [0, 0.1) is 46.5 Å². The second-order valence-electron chi connectivity index (χ2n) is 45.5. The van der Waals surface area contributed by atoms with E-state index in [0.29, 0.717) is 105 Å². The van der Waals surface area contributed by atoms with Gasteiger partial charge in [-0.25, -0.2) is 35.1 Å². The Morgan fingerprint density at radius 2 is 0.349 bits per heavy atom. The Labute approximate surface area is 911 Å². The molecule has 0 aromatic heterocycles. The fraction of sp³-hybridized carbons (Fsp3) is 0.504. The Morgan fingerprint density at radius 1 is 0.178 bits per heavy atom. The van der Waals surface area contributed by atoms with Gasteiger partial charge in [0.1, 0.15) is 34.9 Å². The summed E-state index contributed by atoms with van der Waals surface area (Å²) >= 11 is 19.6. The van der Waals surface area contributed by atoms with Gasteiger partial charge < -0.3 is 5.11 Å². The van der Waals surface area contributed by atoms with Crippen molar-refractivity contribution in [2.75, 3.05) is 0 Å². The molecule has 0 amide bonds. The van der Waals surface area contributed by atoms with E-state index in [9.17, 15) is 40.2 Å². The molecule has 0 aliphatic heterocycles. The molecular weight excluding hydrogens is 2000 g/mol. The van der Waals surface area contributed by atoms with Crippen molar-refractivity contribution in [1.82, 2.24) is 0 Å². The minimum absolute atomic E-state index is 0.0192. The van der Waals surface area contributed by atoms with E-state index in [4.69, 9.17) is 23.2 Å². The quantitative estimate of drug-likeness (QED) is 0.0633. The molecule has 0 aliphatic rings. The molecule has 0 unspecified atom stereocenters. The lowest BCUT2D eigenvalue weighted by Crippen LogP contribution is -2.02. The molecule has 0 spiro atoms. The molecule has 0 heterocycles. The maximum absolute atomic E-state index is 13.5. The maximum Gasteiger partial charge on any atom is 0.162 e. The first-order valence-corrected chi connectivity index (χ1v) is 56.0. The first kappa shape index (κ1) is 136. The first-order chi connectivity index (χ1) is 67.6. The fourth-order valence-corrected chi connectivity index (χ4v) is 18.1. The maximum atomic E-state index is 13.5. The summed E-state index contributed by atoms with van der Waals surface area (Å²) in [6, 6.07) is 61.8. The van der Waals surface area contributed by atoms with Crippen molar-refractivity contribution in [3.05, 3.63) is 382 Å². The van der Waals surface area contributed by atoms with Crippen LogP contribution in [-0.2, 0) is 6.61 Å². The van der Waals surface area contributed by atoms with E-state index >= 15 is 0 Å². The molecule has 810 valence electrons. The predicted octanol–water partition coefficient (Wildman–Crippen LogP) is 46.7. The number of aliphatic hydroxyl groups excluding tert-OH is 1. The average molecular weight is 2190 g/mol. The van der Waals surface area contributed by atoms with Crippen molar-refractivity contribution in [2.24, 2.45) is 0 Å². The van der Waals surface area contributed by atoms with Crippen molar-refractivity contribution < 1.29 is 40.2 Å². The molecule has 13 heteroatoms. The standard InChI is InChI=1S/C13H20O.2C12H17Br.2C12H17Cl.3C12H16F2.2C12H17F.C12H18/c1-9(2)11-5-6-13(10(3)4)12(7-11)8-14;4*1-8(2)10-5-6-11(9(3)4)12(13)7-10;2*1-7(2)9-5-10(13)12(8(3)4)11(14)6-9;1-7(2)9-5-6-10(8(3)4)12(14)11(9)13;2*1-8(2)10-5-6-11(9(3)4)12(13)7-10;1-9(2)11-5-7-12(8-6-11)10(3)4/h5-7,9-10,14H,8H2,1-4H3;4*5-9H,1-4H3;3*5-8H,1-4H3;2*5-9H,1-4H3;5-10H,1-4H3. The minimum atomic E-state index is -0.689. The summed E-state index contributed by atoms with van der Waals surface area (Å²) < 4.78 is 110. The van der Waals surface area contributed by atoms with E-state index < -0.39 is 34.9 Å². The van der Waals surface area contributed by atoms with Crippen LogP contribution >= 0.6 is 55.1 Å². The summed E-state index contributed by atoms with van der Waals surface area (Å²) in [6.45, 7) is 91.4. The SMILES string of the molecule is CC(C)c1cc(F)c(C(C)C)c(F)c1.CC(C)c1cc(F)c(C(C)C)c(F)c1.CC(C)c1ccc(C(C)C)c(Br)c1.CC(C)c1ccc(C(C)C)c(Br)c1.CC(C)c1ccc(C(C)C)c(CO)c1.CC(C)c1ccc(C(C)C)c(Cl)c1.CC(C)c1ccc(C(C)C)c(Cl)c1.CC(C)c1ccc(C(C)C)c(F)c1.CC(C)c1ccc(C(C)C)c(F)c1.CC(C)c1ccc(C(C)C)c(F)c1F.CC(C)c1ccc(C(C)C)cc1.